The van der Waals surface area contributed by atoms with Gasteiger partial charge in [-0.05, 0) is 37.3 Å². The van der Waals surface area contributed by atoms with Gasteiger partial charge in [-0.25, -0.2) is 4.79 Å². The van der Waals surface area contributed by atoms with E-state index in [-0.39, 0.29) is 18.0 Å². The molecule has 2 atom stereocenters. The molecule has 1 aromatic heterocycles. The van der Waals surface area contributed by atoms with E-state index in [1.807, 2.05) is 15.9 Å². The molecule has 2 aliphatic heterocycles. The number of carbonyl (C=O) groups excluding carboxylic acids is 2. The average Bonchev–Trinajstić information content (AvgIpc) is 3.01. The molecule has 3 amide bonds. The lowest BCUT2D eigenvalue weighted by atomic mass is 10.0. The van der Waals surface area contributed by atoms with Crippen LogP contribution in [0.3, 0.4) is 0 Å². The smallest absolute Gasteiger partial charge is 0.317 e. The minimum absolute atomic E-state index is 0.0448. The minimum atomic E-state index is 0.0448. The van der Waals surface area contributed by atoms with Crippen LogP contribution in [0.2, 0.25) is 0 Å². The van der Waals surface area contributed by atoms with Crippen molar-refractivity contribution < 1.29 is 14.0 Å². The molecule has 0 spiro atoms. The number of furan rings is 1. The number of hydrogen-bond acceptors (Lipinski definition) is 3. The molecule has 6 nitrogen and oxygen atoms in total. The van der Waals surface area contributed by atoms with E-state index in [0.717, 1.165) is 56.5 Å². The Bertz CT molecular complexity index is 648. The molecule has 1 N–H and O–H groups in total. The molecule has 1 aliphatic carbocycles. The van der Waals surface area contributed by atoms with Gasteiger partial charge in [-0.1, -0.05) is 6.92 Å². The predicted molar refractivity (Wildman–Crippen MR) is 93.3 cm³/mol. The fourth-order valence-corrected chi connectivity index (χ4v) is 4.10. The number of aryl methyl sites for hydroxylation is 1. The van der Waals surface area contributed by atoms with Crippen LogP contribution in [0.4, 0.5) is 4.79 Å². The van der Waals surface area contributed by atoms with Gasteiger partial charge in [0.15, 0.2) is 0 Å². The standard InChI is InChI=1S/C19H27N3O3/c1-13-12-16(13)17-4-2-15(25-17)3-5-18(23)21-9-6-14(7-10-21)22-11-8-20-19(22)24/h2,4,13-14,16H,3,5-12H2,1H3,(H,20,24)/t13-,16+/m1/s1. The zero-order chi connectivity index (χ0) is 17.4. The van der Waals surface area contributed by atoms with Crippen molar-refractivity contribution in [2.45, 2.75) is 51.0 Å². The molecule has 6 heteroatoms. The molecule has 3 fully saturated rings. The average molecular weight is 345 g/mol. The van der Waals surface area contributed by atoms with Gasteiger partial charge < -0.3 is 19.5 Å². The van der Waals surface area contributed by atoms with E-state index in [1.165, 1.54) is 6.42 Å². The maximum Gasteiger partial charge on any atom is 0.317 e. The van der Waals surface area contributed by atoms with Gasteiger partial charge in [-0.3, -0.25) is 4.79 Å². The summed E-state index contributed by atoms with van der Waals surface area (Å²) in [6, 6.07) is 4.41. The molecule has 2 saturated heterocycles. The molecular formula is C19H27N3O3. The topological polar surface area (TPSA) is 65.8 Å². The summed E-state index contributed by atoms with van der Waals surface area (Å²) in [6.07, 6.45) is 4.15. The van der Waals surface area contributed by atoms with Gasteiger partial charge in [0.2, 0.25) is 5.91 Å². The highest BCUT2D eigenvalue weighted by molar-refractivity contribution is 5.77. The second-order valence-electron chi connectivity index (χ2n) is 7.66. The van der Waals surface area contributed by atoms with Gasteiger partial charge in [0, 0.05) is 51.0 Å². The Kier molecular flexibility index (Phi) is 4.44. The number of urea groups is 1. The Morgan fingerprint density at radius 1 is 1.28 bits per heavy atom. The molecule has 0 unspecified atom stereocenters. The van der Waals surface area contributed by atoms with Crippen molar-refractivity contribution in [3.05, 3.63) is 23.7 Å². The van der Waals surface area contributed by atoms with Crippen molar-refractivity contribution in [1.29, 1.82) is 0 Å². The number of amides is 3. The Hall–Kier alpha value is -1.98. The number of likely N-dealkylation sites (tertiary alicyclic amines) is 1. The highest BCUT2D eigenvalue weighted by atomic mass is 16.3. The van der Waals surface area contributed by atoms with Gasteiger partial charge >= 0.3 is 6.03 Å². The van der Waals surface area contributed by atoms with E-state index in [0.29, 0.717) is 18.8 Å². The fraction of sp³-hybridized carbons (Fsp3) is 0.684. The van der Waals surface area contributed by atoms with Gasteiger partial charge in [0.25, 0.3) is 0 Å². The Labute approximate surface area is 148 Å². The normalized spacial score (nSPS) is 26.8. The highest BCUT2D eigenvalue weighted by Gasteiger charge is 2.36. The molecule has 0 bridgehead atoms. The van der Waals surface area contributed by atoms with Crippen LogP contribution in [0.25, 0.3) is 0 Å². The van der Waals surface area contributed by atoms with Crippen LogP contribution in [0.1, 0.15) is 50.0 Å². The van der Waals surface area contributed by atoms with Gasteiger partial charge in [-0.2, -0.15) is 0 Å². The molecule has 25 heavy (non-hydrogen) atoms. The number of piperidine rings is 1. The Morgan fingerprint density at radius 3 is 2.68 bits per heavy atom. The summed E-state index contributed by atoms with van der Waals surface area (Å²) in [4.78, 5) is 28.1. The van der Waals surface area contributed by atoms with Crippen molar-refractivity contribution in [2.75, 3.05) is 26.2 Å². The zero-order valence-corrected chi connectivity index (χ0v) is 14.9. The quantitative estimate of drug-likeness (QED) is 0.891. The second kappa shape index (κ2) is 6.73. The van der Waals surface area contributed by atoms with Gasteiger partial charge in [-0.15, -0.1) is 0 Å². The van der Waals surface area contributed by atoms with E-state index in [4.69, 9.17) is 4.42 Å². The SMILES string of the molecule is C[C@@H]1C[C@@H]1c1ccc(CCC(=O)N2CCC(N3CCNC3=O)CC2)o1. The second-order valence-corrected chi connectivity index (χ2v) is 7.66. The van der Waals surface area contributed by atoms with E-state index in [9.17, 15) is 9.59 Å². The number of rotatable bonds is 5. The number of carbonyl (C=O) groups is 2. The fourth-order valence-electron chi connectivity index (χ4n) is 4.10. The summed E-state index contributed by atoms with van der Waals surface area (Å²) < 4.78 is 5.89. The van der Waals surface area contributed by atoms with Crippen molar-refractivity contribution in [3.8, 4) is 0 Å². The van der Waals surface area contributed by atoms with E-state index in [1.54, 1.807) is 0 Å². The van der Waals surface area contributed by atoms with Crippen LogP contribution in [-0.2, 0) is 11.2 Å². The summed E-state index contributed by atoms with van der Waals surface area (Å²) in [5, 5.41) is 2.85. The lowest BCUT2D eigenvalue weighted by Crippen LogP contribution is -2.47. The van der Waals surface area contributed by atoms with Crippen LogP contribution in [0, 0.1) is 5.92 Å². The van der Waals surface area contributed by atoms with Gasteiger partial charge in [0.05, 0.1) is 0 Å². The van der Waals surface area contributed by atoms with Crippen molar-refractivity contribution in [1.82, 2.24) is 15.1 Å². The summed E-state index contributed by atoms with van der Waals surface area (Å²) in [5.74, 6) is 3.53. The van der Waals surface area contributed by atoms with Crippen LogP contribution in [-0.4, -0.2) is 54.0 Å². The van der Waals surface area contributed by atoms with E-state index >= 15 is 0 Å². The molecule has 4 rings (SSSR count). The van der Waals surface area contributed by atoms with Gasteiger partial charge in [0.1, 0.15) is 11.5 Å². The first kappa shape index (κ1) is 16.5. The maximum atomic E-state index is 12.5. The first-order valence-corrected chi connectivity index (χ1v) is 9.52. The molecular weight excluding hydrogens is 318 g/mol. The molecule has 3 aliphatic rings. The number of hydrogen-bond donors (Lipinski definition) is 1. The summed E-state index contributed by atoms with van der Waals surface area (Å²) in [6.45, 7) is 5.26. The minimum Gasteiger partial charge on any atom is -0.466 e. The molecule has 0 aromatic carbocycles. The number of nitrogens with zero attached hydrogens (tertiary/aromatic N) is 2. The molecule has 0 radical (unpaired) electrons. The number of nitrogens with one attached hydrogen (secondary N) is 1. The summed E-state index contributed by atoms with van der Waals surface area (Å²) in [7, 11) is 0. The largest absolute Gasteiger partial charge is 0.466 e. The van der Waals surface area contributed by atoms with E-state index in [2.05, 4.69) is 18.3 Å². The van der Waals surface area contributed by atoms with Crippen LogP contribution in [0.5, 0.6) is 0 Å². The van der Waals surface area contributed by atoms with Crippen LogP contribution < -0.4 is 5.32 Å². The lowest BCUT2D eigenvalue weighted by molar-refractivity contribution is -0.132. The molecule has 136 valence electrons. The molecule has 3 heterocycles. The monoisotopic (exact) mass is 345 g/mol. The first-order chi connectivity index (χ1) is 12.1. The predicted octanol–water partition coefficient (Wildman–Crippen LogP) is 2.35. The third-order valence-electron chi connectivity index (χ3n) is 5.89. The van der Waals surface area contributed by atoms with Crippen molar-refractivity contribution in [2.24, 2.45) is 5.92 Å². The highest BCUT2D eigenvalue weighted by Crippen LogP contribution is 2.47. The Morgan fingerprint density at radius 2 is 2.04 bits per heavy atom. The summed E-state index contributed by atoms with van der Waals surface area (Å²) >= 11 is 0. The third-order valence-corrected chi connectivity index (χ3v) is 5.89. The Balaban J connectivity index is 1.22. The van der Waals surface area contributed by atoms with E-state index < -0.39 is 0 Å². The zero-order valence-electron chi connectivity index (χ0n) is 14.9. The lowest BCUT2D eigenvalue weighted by Gasteiger charge is -2.36. The first-order valence-electron chi connectivity index (χ1n) is 9.52. The maximum absolute atomic E-state index is 12.5. The molecule has 1 saturated carbocycles. The summed E-state index contributed by atoms with van der Waals surface area (Å²) in [5.41, 5.74) is 0. The van der Waals surface area contributed by atoms with Crippen molar-refractivity contribution in [3.63, 3.8) is 0 Å². The van der Waals surface area contributed by atoms with Crippen LogP contribution >= 0.6 is 0 Å². The van der Waals surface area contributed by atoms with Crippen molar-refractivity contribution >= 4 is 11.9 Å². The van der Waals surface area contributed by atoms with Crippen LogP contribution in [0.15, 0.2) is 16.5 Å². The molecule has 1 aromatic rings. The third kappa shape index (κ3) is 3.53.